The Balaban J connectivity index is 2.35. The van der Waals surface area contributed by atoms with E-state index in [2.05, 4.69) is 15.4 Å². The van der Waals surface area contributed by atoms with E-state index in [1.165, 1.54) is 0 Å². The van der Waals surface area contributed by atoms with Crippen LogP contribution in [0.1, 0.15) is 18.7 Å². The highest BCUT2D eigenvalue weighted by molar-refractivity contribution is 4.98. The third-order valence-corrected chi connectivity index (χ3v) is 1.60. The first-order chi connectivity index (χ1) is 6.34. The smallest absolute Gasteiger partial charge is 0.0987 e. The summed E-state index contributed by atoms with van der Waals surface area (Å²) in [5, 5.41) is 10.9. The van der Waals surface area contributed by atoms with Gasteiger partial charge in [-0.3, -0.25) is 0 Å². The van der Waals surface area contributed by atoms with Gasteiger partial charge in [0.25, 0.3) is 0 Å². The molecule has 5 nitrogen and oxygen atoms in total. The molecule has 0 saturated heterocycles. The van der Waals surface area contributed by atoms with Crippen molar-refractivity contribution in [2.24, 2.45) is 0 Å². The second kappa shape index (κ2) is 5.55. The number of rotatable bonds is 5. The topological polar surface area (TPSA) is 57.1 Å². The number of nitrogens with zero attached hydrogens (tertiary/aromatic N) is 3. The van der Waals surface area contributed by atoms with Crippen molar-refractivity contribution >= 4 is 0 Å². The van der Waals surface area contributed by atoms with E-state index in [0.29, 0.717) is 13.2 Å². The molecule has 0 fully saturated rings. The van der Waals surface area contributed by atoms with Gasteiger partial charge in [-0.25, -0.2) is 0 Å². The minimum Gasteiger partial charge on any atom is -0.382 e. The molecule has 0 amide bonds. The zero-order chi connectivity index (χ0) is 9.52. The van der Waals surface area contributed by atoms with E-state index in [1.54, 1.807) is 19.4 Å². The first-order valence-corrected chi connectivity index (χ1v) is 4.09. The van der Waals surface area contributed by atoms with Crippen LogP contribution in [0.4, 0.5) is 0 Å². The van der Waals surface area contributed by atoms with Crippen molar-refractivity contribution in [2.45, 2.75) is 13.0 Å². The van der Waals surface area contributed by atoms with Crippen molar-refractivity contribution in [1.29, 1.82) is 0 Å². The number of aromatic nitrogens is 3. The molecule has 13 heavy (non-hydrogen) atoms. The molecule has 1 unspecified atom stereocenters. The Hall–Kier alpha value is -1.07. The van der Waals surface area contributed by atoms with E-state index in [9.17, 15) is 0 Å². The van der Waals surface area contributed by atoms with Gasteiger partial charge < -0.3 is 9.47 Å². The van der Waals surface area contributed by atoms with Gasteiger partial charge in [0, 0.05) is 7.11 Å². The van der Waals surface area contributed by atoms with Crippen molar-refractivity contribution in [3.05, 3.63) is 18.0 Å². The summed E-state index contributed by atoms with van der Waals surface area (Å²) in [5.41, 5.74) is 0.783. The summed E-state index contributed by atoms with van der Waals surface area (Å²) in [5.74, 6) is 0. The Bertz CT molecular complexity index is 230. The molecule has 72 valence electrons. The molecular formula is C8H13N3O2. The van der Waals surface area contributed by atoms with Crippen LogP contribution in [0.5, 0.6) is 0 Å². The van der Waals surface area contributed by atoms with Crippen LogP contribution < -0.4 is 0 Å². The molecule has 0 aromatic carbocycles. The molecule has 5 heteroatoms. The summed E-state index contributed by atoms with van der Waals surface area (Å²) < 4.78 is 10.3. The maximum Gasteiger partial charge on any atom is 0.0987 e. The molecule has 1 atom stereocenters. The predicted molar refractivity (Wildman–Crippen MR) is 46.1 cm³/mol. The summed E-state index contributed by atoms with van der Waals surface area (Å²) in [4.78, 5) is 0. The highest BCUT2D eigenvalue weighted by Gasteiger charge is 2.06. The van der Waals surface area contributed by atoms with Crippen molar-refractivity contribution < 1.29 is 9.47 Å². The van der Waals surface area contributed by atoms with Gasteiger partial charge in [0.1, 0.15) is 0 Å². The zero-order valence-corrected chi connectivity index (χ0v) is 7.80. The Morgan fingerprint density at radius 2 is 2.31 bits per heavy atom. The average molecular weight is 183 g/mol. The quantitative estimate of drug-likeness (QED) is 0.625. The summed E-state index contributed by atoms with van der Waals surface area (Å²) >= 11 is 0. The van der Waals surface area contributed by atoms with Crippen LogP contribution in [0, 0.1) is 0 Å². The summed E-state index contributed by atoms with van der Waals surface area (Å²) in [7, 11) is 1.64. The SMILES string of the molecule is COCCOC(C)c1ccnnn1. The highest BCUT2D eigenvalue weighted by atomic mass is 16.5. The first-order valence-electron chi connectivity index (χ1n) is 4.09. The van der Waals surface area contributed by atoms with E-state index in [4.69, 9.17) is 9.47 Å². The fourth-order valence-electron chi connectivity index (χ4n) is 0.861. The lowest BCUT2D eigenvalue weighted by molar-refractivity contribution is 0.0231. The fourth-order valence-corrected chi connectivity index (χ4v) is 0.861. The van der Waals surface area contributed by atoms with Crippen molar-refractivity contribution in [1.82, 2.24) is 15.4 Å². The summed E-state index contributed by atoms with van der Waals surface area (Å²) in [6.45, 7) is 3.06. The molecule has 0 aliphatic heterocycles. The second-order valence-electron chi connectivity index (χ2n) is 2.55. The minimum atomic E-state index is -0.0642. The molecule has 0 aliphatic rings. The number of hydrogen-bond donors (Lipinski definition) is 0. The van der Waals surface area contributed by atoms with Crippen LogP contribution in [-0.2, 0) is 9.47 Å². The largest absolute Gasteiger partial charge is 0.382 e. The maximum atomic E-state index is 5.41. The van der Waals surface area contributed by atoms with Crippen molar-refractivity contribution in [3.63, 3.8) is 0 Å². The van der Waals surface area contributed by atoms with Gasteiger partial charge in [-0.05, 0) is 18.2 Å². The van der Waals surface area contributed by atoms with E-state index in [0.717, 1.165) is 5.69 Å². The molecule has 0 aliphatic carbocycles. The third kappa shape index (κ3) is 3.43. The predicted octanol–water partition coefficient (Wildman–Crippen LogP) is 0.596. The van der Waals surface area contributed by atoms with Crippen LogP contribution >= 0.6 is 0 Å². The molecule has 1 aromatic heterocycles. The van der Waals surface area contributed by atoms with Crippen LogP contribution in [-0.4, -0.2) is 35.7 Å². The van der Waals surface area contributed by atoms with Gasteiger partial charge >= 0.3 is 0 Å². The third-order valence-electron chi connectivity index (χ3n) is 1.60. The molecule has 0 N–H and O–H groups in total. The monoisotopic (exact) mass is 183 g/mol. The standard InChI is InChI=1S/C8H13N3O2/c1-7(13-6-5-12-2)8-3-4-9-11-10-8/h3-4,7H,5-6H2,1-2H3. The fraction of sp³-hybridized carbons (Fsp3) is 0.625. The highest BCUT2D eigenvalue weighted by Crippen LogP contribution is 2.11. The van der Waals surface area contributed by atoms with Gasteiger partial charge in [-0.2, -0.15) is 0 Å². The van der Waals surface area contributed by atoms with Gasteiger partial charge in [0.2, 0.25) is 0 Å². The average Bonchev–Trinajstić information content (AvgIpc) is 2.19. The molecular weight excluding hydrogens is 170 g/mol. The molecule has 0 radical (unpaired) electrons. The number of methoxy groups -OCH3 is 1. The number of ether oxygens (including phenoxy) is 2. The molecule has 0 bridgehead atoms. The van der Waals surface area contributed by atoms with Crippen LogP contribution in [0.25, 0.3) is 0 Å². The van der Waals surface area contributed by atoms with Crippen molar-refractivity contribution in [2.75, 3.05) is 20.3 Å². The van der Waals surface area contributed by atoms with E-state index in [-0.39, 0.29) is 6.10 Å². The zero-order valence-electron chi connectivity index (χ0n) is 7.80. The van der Waals surface area contributed by atoms with Crippen LogP contribution in [0.15, 0.2) is 12.3 Å². The molecule has 1 heterocycles. The lowest BCUT2D eigenvalue weighted by Crippen LogP contribution is -2.08. The van der Waals surface area contributed by atoms with Crippen LogP contribution in [0.2, 0.25) is 0 Å². The van der Waals surface area contributed by atoms with E-state index >= 15 is 0 Å². The van der Waals surface area contributed by atoms with Gasteiger partial charge in [0.05, 0.1) is 31.2 Å². The maximum absolute atomic E-state index is 5.41. The number of hydrogen-bond acceptors (Lipinski definition) is 5. The Morgan fingerprint density at radius 1 is 1.46 bits per heavy atom. The lowest BCUT2D eigenvalue weighted by Gasteiger charge is -2.10. The van der Waals surface area contributed by atoms with E-state index < -0.39 is 0 Å². The Labute approximate surface area is 77.1 Å². The normalized spacial score (nSPS) is 12.8. The molecule has 1 rings (SSSR count). The van der Waals surface area contributed by atoms with Gasteiger partial charge in [0.15, 0.2) is 0 Å². The van der Waals surface area contributed by atoms with Gasteiger partial charge in [-0.1, -0.05) is 0 Å². The molecule has 0 spiro atoms. The van der Waals surface area contributed by atoms with Crippen molar-refractivity contribution in [3.8, 4) is 0 Å². The molecule has 1 aromatic rings. The van der Waals surface area contributed by atoms with Crippen LogP contribution in [0.3, 0.4) is 0 Å². The summed E-state index contributed by atoms with van der Waals surface area (Å²) in [6.07, 6.45) is 1.53. The minimum absolute atomic E-state index is 0.0642. The first kappa shape index (κ1) is 10.0. The lowest BCUT2D eigenvalue weighted by atomic mass is 10.3. The summed E-state index contributed by atoms with van der Waals surface area (Å²) in [6, 6.07) is 1.78. The Morgan fingerprint density at radius 3 is 2.92 bits per heavy atom. The van der Waals surface area contributed by atoms with E-state index in [1.807, 2.05) is 6.92 Å². The Kier molecular flexibility index (Phi) is 4.28. The molecule has 0 saturated carbocycles. The van der Waals surface area contributed by atoms with Gasteiger partial charge in [-0.15, -0.1) is 10.2 Å². The second-order valence-corrected chi connectivity index (χ2v) is 2.55.